The molecular formula is C13H24O. The standard InChI is InChI=1S/C13H24O/c1-2-3-4-5-6-7-8-9-10-11-13-12-14-13/h2,13H,1,3-12H2. The van der Waals surface area contributed by atoms with E-state index in [2.05, 4.69) is 6.58 Å². The minimum Gasteiger partial charge on any atom is -0.373 e. The molecule has 0 N–H and O–H groups in total. The summed E-state index contributed by atoms with van der Waals surface area (Å²) in [5.74, 6) is 0. The van der Waals surface area contributed by atoms with E-state index >= 15 is 0 Å². The summed E-state index contributed by atoms with van der Waals surface area (Å²) >= 11 is 0. The minimum atomic E-state index is 0.641. The van der Waals surface area contributed by atoms with Crippen LogP contribution in [0.4, 0.5) is 0 Å². The summed E-state index contributed by atoms with van der Waals surface area (Å²) in [7, 11) is 0. The number of hydrogen-bond acceptors (Lipinski definition) is 1. The van der Waals surface area contributed by atoms with Gasteiger partial charge in [0.05, 0.1) is 12.7 Å². The van der Waals surface area contributed by atoms with E-state index in [0.717, 1.165) is 6.61 Å². The first-order valence-electron chi connectivity index (χ1n) is 6.16. The van der Waals surface area contributed by atoms with E-state index in [4.69, 9.17) is 4.74 Å². The van der Waals surface area contributed by atoms with E-state index in [0.29, 0.717) is 6.10 Å². The predicted molar refractivity (Wildman–Crippen MR) is 61.5 cm³/mol. The van der Waals surface area contributed by atoms with Crippen molar-refractivity contribution in [3.63, 3.8) is 0 Å². The molecule has 0 spiro atoms. The number of ether oxygens (including phenoxy) is 1. The van der Waals surface area contributed by atoms with Gasteiger partial charge in [-0.05, 0) is 19.3 Å². The van der Waals surface area contributed by atoms with Gasteiger partial charge in [0, 0.05) is 0 Å². The molecule has 0 bridgehead atoms. The van der Waals surface area contributed by atoms with Gasteiger partial charge in [0.2, 0.25) is 0 Å². The summed E-state index contributed by atoms with van der Waals surface area (Å²) in [6.07, 6.45) is 14.9. The lowest BCUT2D eigenvalue weighted by atomic mass is 10.1. The Bertz CT molecular complexity index is 138. The molecule has 1 heteroatoms. The van der Waals surface area contributed by atoms with Gasteiger partial charge in [-0.1, -0.05) is 44.6 Å². The Labute approximate surface area is 88.5 Å². The molecule has 1 aliphatic heterocycles. The normalized spacial score (nSPS) is 19.6. The fourth-order valence-corrected chi connectivity index (χ4v) is 1.78. The van der Waals surface area contributed by atoms with Gasteiger partial charge in [0.25, 0.3) is 0 Å². The van der Waals surface area contributed by atoms with Crippen molar-refractivity contribution in [2.45, 2.75) is 63.9 Å². The molecule has 1 rings (SSSR count). The third-order valence-corrected chi connectivity index (χ3v) is 2.84. The first-order chi connectivity index (χ1) is 6.93. The first kappa shape index (κ1) is 11.8. The molecule has 0 aromatic carbocycles. The molecule has 82 valence electrons. The van der Waals surface area contributed by atoms with E-state index in [1.807, 2.05) is 6.08 Å². The van der Waals surface area contributed by atoms with Gasteiger partial charge in [0.1, 0.15) is 0 Å². The third kappa shape index (κ3) is 7.14. The summed E-state index contributed by atoms with van der Waals surface area (Å²) in [5.41, 5.74) is 0. The van der Waals surface area contributed by atoms with E-state index in [9.17, 15) is 0 Å². The zero-order valence-corrected chi connectivity index (χ0v) is 9.34. The minimum absolute atomic E-state index is 0.641. The lowest BCUT2D eigenvalue weighted by Gasteiger charge is -2.00. The van der Waals surface area contributed by atoms with Gasteiger partial charge in [0.15, 0.2) is 0 Å². The molecule has 1 aliphatic rings. The van der Waals surface area contributed by atoms with Crippen LogP contribution < -0.4 is 0 Å². The van der Waals surface area contributed by atoms with Gasteiger partial charge in [-0.2, -0.15) is 0 Å². The van der Waals surface area contributed by atoms with E-state index in [1.54, 1.807) is 0 Å². The van der Waals surface area contributed by atoms with Crippen LogP contribution in [0.25, 0.3) is 0 Å². The van der Waals surface area contributed by atoms with Crippen molar-refractivity contribution in [1.82, 2.24) is 0 Å². The summed E-state index contributed by atoms with van der Waals surface area (Å²) in [6.45, 7) is 4.76. The Morgan fingerprint density at radius 1 is 1.00 bits per heavy atom. The summed E-state index contributed by atoms with van der Waals surface area (Å²) < 4.78 is 5.17. The Hall–Kier alpha value is -0.300. The monoisotopic (exact) mass is 196 g/mol. The molecule has 0 radical (unpaired) electrons. The molecule has 0 aliphatic carbocycles. The van der Waals surface area contributed by atoms with Crippen molar-refractivity contribution in [3.05, 3.63) is 12.7 Å². The molecule has 1 fully saturated rings. The van der Waals surface area contributed by atoms with Crippen molar-refractivity contribution < 1.29 is 4.74 Å². The van der Waals surface area contributed by atoms with Crippen LogP contribution in [-0.4, -0.2) is 12.7 Å². The fraction of sp³-hybridized carbons (Fsp3) is 0.846. The maximum atomic E-state index is 5.17. The van der Waals surface area contributed by atoms with Crippen LogP contribution in [0.1, 0.15) is 57.8 Å². The smallest absolute Gasteiger partial charge is 0.0810 e. The summed E-state index contributed by atoms with van der Waals surface area (Å²) in [5, 5.41) is 0. The molecule has 1 heterocycles. The number of rotatable bonds is 10. The maximum Gasteiger partial charge on any atom is 0.0810 e. The molecule has 0 amide bonds. The van der Waals surface area contributed by atoms with E-state index in [1.165, 1.54) is 57.8 Å². The highest BCUT2D eigenvalue weighted by molar-refractivity contribution is 4.68. The maximum absolute atomic E-state index is 5.17. The predicted octanol–water partition coefficient (Wildman–Crippen LogP) is 4.08. The van der Waals surface area contributed by atoms with Crippen molar-refractivity contribution in [3.8, 4) is 0 Å². The molecule has 14 heavy (non-hydrogen) atoms. The van der Waals surface area contributed by atoms with Gasteiger partial charge >= 0.3 is 0 Å². The largest absolute Gasteiger partial charge is 0.373 e. The van der Waals surface area contributed by atoms with Gasteiger partial charge in [-0.25, -0.2) is 0 Å². The molecule has 1 atom stereocenters. The number of hydrogen-bond donors (Lipinski definition) is 0. The summed E-state index contributed by atoms with van der Waals surface area (Å²) in [4.78, 5) is 0. The third-order valence-electron chi connectivity index (χ3n) is 2.84. The second-order valence-corrected chi connectivity index (χ2v) is 4.30. The SMILES string of the molecule is C=CCCCCCCCCCC1CO1. The number of unbranched alkanes of at least 4 members (excludes halogenated alkanes) is 7. The summed E-state index contributed by atoms with van der Waals surface area (Å²) in [6, 6.07) is 0. The zero-order chi connectivity index (χ0) is 10.1. The highest BCUT2D eigenvalue weighted by atomic mass is 16.6. The van der Waals surface area contributed by atoms with Crippen molar-refractivity contribution in [1.29, 1.82) is 0 Å². The molecule has 0 aromatic heterocycles. The molecular weight excluding hydrogens is 172 g/mol. The van der Waals surface area contributed by atoms with Gasteiger partial charge in [-0.15, -0.1) is 6.58 Å². The van der Waals surface area contributed by atoms with Crippen LogP contribution >= 0.6 is 0 Å². The Kier molecular flexibility index (Phi) is 6.77. The highest BCUT2D eigenvalue weighted by Gasteiger charge is 2.20. The van der Waals surface area contributed by atoms with Crippen LogP contribution in [0.3, 0.4) is 0 Å². The van der Waals surface area contributed by atoms with Crippen LogP contribution in [-0.2, 0) is 4.74 Å². The second-order valence-electron chi connectivity index (χ2n) is 4.30. The highest BCUT2D eigenvalue weighted by Crippen LogP contribution is 2.18. The van der Waals surface area contributed by atoms with Gasteiger partial charge in [-0.3, -0.25) is 0 Å². The van der Waals surface area contributed by atoms with Gasteiger partial charge < -0.3 is 4.74 Å². The van der Waals surface area contributed by atoms with Crippen LogP contribution in [0.15, 0.2) is 12.7 Å². The average Bonchev–Trinajstić information content (AvgIpc) is 2.99. The van der Waals surface area contributed by atoms with E-state index < -0.39 is 0 Å². The van der Waals surface area contributed by atoms with Crippen molar-refractivity contribution >= 4 is 0 Å². The number of allylic oxidation sites excluding steroid dienone is 1. The zero-order valence-electron chi connectivity index (χ0n) is 9.34. The van der Waals surface area contributed by atoms with Crippen LogP contribution in [0.5, 0.6) is 0 Å². The average molecular weight is 196 g/mol. The lowest BCUT2D eigenvalue weighted by Crippen LogP contribution is -1.85. The Morgan fingerprint density at radius 2 is 1.57 bits per heavy atom. The molecule has 0 saturated carbocycles. The van der Waals surface area contributed by atoms with Crippen molar-refractivity contribution in [2.24, 2.45) is 0 Å². The van der Waals surface area contributed by atoms with Crippen LogP contribution in [0, 0.1) is 0 Å². The molecule has 0 aromatic rings. The Balaban J connectivity index is 1.64. The molecule has 1 unspecified atom stereocenters. The lowest BCUT2D eigenvalue weighted by molar-refractivity contribution is 0.387. The second kappa shape index (κ2) is 8.05. The molecule has 1 nitrogen and oxygen atoms in total. The van der Waals surface area contributed by atoms with Crippen LogP contribution in [0.2, 0.25) is 0 Å². The quantitative estimate of drug-likeness (QED) is 0.291. The first-order valence-corrected chi connectivity index (χ1v) is 6.16. The number of epoxide rings is 1. The van der Waals surface area contributed by atoms with E-state index in [-0.39, 0.29) is 0 Å². The topological polar surface area (TPSA) is 12.5 Å². The Morgan fingerprint density at radius 3 is 2.14 bits per heavy atom. The molecule has 1 saturated heterocycles. The fourth-order valence-electron chi connectivity index (χ4n) is 1.78. The van der Waals surface area contributed by atoms with Crippen molar-refractivity contribution in [2.75, 3.05) is 6.61 Å².